The lowest BCUT2D eigenvalue weighted by molar-refractivity contribution is 0.0894. The lowest BCUT2D eigenvalue weighted by Crippen LogP contribution is -2.50. The first-order valence-corrected chi connectivity index (χ1v) is 11.2. The molecule has 4 heteroatoms. The van der Waals surface area contributed by atoms with E-state index in [0.29, 0.717) is 11.8 Å². The summed E-state index contributed by atoms with van der Waals surface area (Å²) in [5, 5.41) is 0. The zero-order valence-electron chi connectivity index (χ0n) is 17.7. The van der Waals surface area contributed by atoms with Gasteiger partial charge in [-0.2, -0.15) is 9.98 Å². The number of rotatable bonds is 8. The van der Waals surface area contributed by atoms with Crippen LogP contribution < -0.4 is 0 Å². The topological polar surface area (TPSA) is 58.9 Å². The molecule has 0 bridgehead atoms. The van der Waals surface area contributed by atoms with Gasteiger partial charge in [0.1, 0.15) is 0 Å². The molecule has 0 spiro atoms. The van der Waals surface area contributed by atoms with Gasteiger partial charge in [-0.05, 0) is 74.5 Å². The van der Waals surface area contributed by atoms with E-state index in [4.69, 9.17) is 0 Å². The molecule has 6 atom stereocenters. The van der Waals surface area contributed by atoms with Crippen molar-refractivity contribution < 1.29 is 9.59 Å². The maximum Gasteiger partial charge on any atom is 0.235 e. The van der Waals surface area contributed by atoms with E-state index in [2.05, 4.69) is 37.7 Å². The van der Waals surface area contributed by atoms with Gasteiger partial charge >= 0.3 is 0 Å². The molecule has 0 aliphatic heterocycles. The van der Waals surface area contributed by atoms with Crippen molar-refractivity contribution in [3.05, 3.63) is 0 Å². The van der Waals surface area contributed by atoms with Crippen LogP contribution in [0, 0.1) is 29.6 Å². The molecular formula is C23H38N2O2. The van der Waals surface area contributed by atoms with Crippen LogP contribution in [0.3, 0.4) is 0 Å². The van der Waals surface area contributed by atoms with Crippen LogP contribution in [0.25, 0.3) is 0 Å². The summed E-state index contributed by atoms with van der Waals surface area (Å²) in [5.74, 6) is 3.39. The molecule has 4 nitrogen and oxygen atoms in total. The Bertz CT molecular complexity index is 553. The van der Waals surface area contributed by atoms with Crippen LogP contribution >= 0.6 is 0 Å². The minimum Gasteiger partial charge on any atom is -0.211 e. The maximum atomic E-state index is 11.2. The normalized spacial score (nSPS) is 39.3. The van der Waals surface area contributed by atoms with Crippen molar-refractivity contribution in [2.45, 2.75) is 103 Å². The van der Waals surface area contributed by atoms with Crippen molar-refractivity contribution in [1.82, 2.24) is 0 Å². The van der Waals surface area contributed by atoms with E-state index in [-0.39, 0.29) is 6.04 Å². The Labute approximate surface area is 165 Å². The third-order valence-electron chi connectivity index (χ3n) is 7.69. The van der Waals surface area contributed by atoms with Gasteiger partial charge in [0.05, 0.1) is 11.6 Å². The molecule has 0 aromatic carbocycles. The van der Waals surface area contributed by atoms with E-state index >= 15 is 0 Å². The minimum atomic E-state index is -0.564. The predicted octanol–water partition coefficient (Wildman–Crippen LogP) is 5.85. The fourth-order valence-electron chi connectivity index (χ4n) is 6.22. The summed E-state index contributed by atoms with van der Waals surface area (Å²) >= 11 is 0. The minimum absolute atomic E-state index is 0.221. The molecular weight excluding hydrogens is 336 g/mol. The lowest BCUT2D eigenvalue weighted by Gasteiger charge is -2.46. The summed E-state index contributed by atoms with van der Waals surface area (Å²) in [6.07, 6.45) is 15.1. The fraction of sp³-hybridized carbons (Fsp3) is 0.913. The standard InChI is InChI=1S/C23H38N2O2/c1-5-17-9-18(6-2)11-19(10-17)12-20-13-21(7-3)22(24-15-26)23(8-4,14-20)25-16-27/h17-22H,5-14H2,1-4H3. The SMILES string of the molecule is CCC1CC(CC)CC(CC2CC(CC)C(N=C=O)C(CC)(N=C=O)C2)C1. The molecule has 0 radical (unpaired) electrons. The predicted molar refractivity (Wildman–Crippen MR) is 109 cm³/mol. The second-order valence-corrected chi connectivity index (χ2v) is 9.16. The van der Waals surface area contributed by atoms with Crippen LogP contribution in [0.4, 0.5) is 0 Å². The van der Waals surface area contributed by atoms with Crippen molar-refractivity contribution in [3.8, 4) is 0 Å². The second-order valence-electron chi connectivity index (χ2n) is 9.16. The average Bonchev–Trinajstić information content (AvgIpc) is 2.69. The van der Waals surface area contributed by atoms with Crippen molar-refractivity contribution in [3.63, 3.8) is 0 Å². The Hall–Kier alpha value is -1.24. The molecule has 27 heavy (non-hydrogen) atoms. The quantitative estimate of drug-likeness (QED) is 0.395. The van der Waals surface area contributed by atoms with Crippen molar-refractivity contribution >= 4 is 12.2 Å². The van der Waals surface area contributed by atoms with E-state index in [1.54, 1.807) is 12.2 Å². The van der Waals surface area contributed by atoms with Crippen LogP contribution in [0.15, 0.2) is 9.98 Å². The highest BCUT2D eigenvalue weighted by Gasteiger charge is 2.48. The highest BCUT2D eigenvalue weighted by molar-refractivity contribution is 5.38. The number of hydrogen-bond donors (Lipinski definition) is 0. The van der Waals surface area contributed by atoms with Gasteiger partial charge < -0.3 is 0 Å². The Morgan fingerprint density at radius 1 is 0.815 bits per heavy atom. The molecule has 2 fully saturated rings. The Kier molecular flexibility index (Phi) is 8.45. The van der Waals surface area contributed by atoms with Crippen LogP contribution in [0.2, 0.25) is 0 Å². The van der Waals surface area contributed by atoms with Crippen molar-refractivity contribution in [2.24, 2.45) is 39.6 Å². The summed E-state index contributed by atoms with van der Waals surface area (Å²) in [7, 11) is 0. The summed E-state index contributed by atoms with van der Waals surface area (Å²) in [6, 6.07) is -0.221. The molecule has 6 unspecified atom stereocenters. The third kappa shape index (κ3) is 5.18. The molecule has 0 aromatic rings. The van der Waals surface area contributed by atoms with Crippen LogP contribution in [-0.4, -0.2) is 23.7 Å². The molecule has 0 N–H and O–H groups in total. The zero-order valence-corrected chi connectivity index (χ0v) is 17.7. The molecule has 2 saturated carbocycles. The molecule has 2 aliphatic rings. The van der Waals surface area contributed by atoms with Crippen molar-refractivity contribution in [1.29, 1.82) is 0 Å². The van der Waals surface area contributed by atoms with Crippen LogP contribution in [-0.2, 0) is 9.59 Å². The smallest absolute Gasteiger partial charge is 0.211 e. The maximum absolute atomic E-state index is 11.2. The second kappa shape index (κ2) is 10.3. The highest BCUT2D eigenvalue weighted by atomic mass is 16.1. The summed E-state index contributed by atoms with van der Waals surface area (Å²) in [6.45, 7) is 8.88. The molecule has 152 valence electrons. The first kappa shape index (κ1) is 22.1. The van der Waals surface area contributed by atoms with E-state index in [0.717, 1.165) is 43.4 Å². The highest BCUT2D eigenvalue weighted by Crippen LogP contribution is 2.48. The van der Waals surface area contributed by atoms with E-state index in [1.807, 2.05) is 0 Å². The van der Waals surface area contributed by atoms with Gasteiger partial charge in [0.25, 0.3) is 0 Å². The third-order valence-corrected chi connectivity index (χ3v) is 7.69. The molecule has 0 aromatic heterocycles. The molecule has 2 rings (SSSR count). The number of carbonyl (C=O) groups excluding carboxylic acids is 2. The molecule has 0 saturated heterocycles. The van der Waals surface area contributed by atoms with Gasteiger partial charge in [0, 0.05) is 0 Å². The number of hydrogen-bond acceptors (Lipinski definition) is 4. The van der Waals surface area contributed by atoms with Gasteiger partial charge in [-0.25, -0.2) is 9.59 Å². The Morgan fingerprint density at radius 2 is 1.44 bits per heavy atom. The largest absolute Gasteiger partial charge is 0.235 e. The van der Waals surface area contributed by atoms with Gasteiger partial charge in [0.2, 0.25) is 12.2 Å². The van der Waals surface area contributed by atoms with Gasteiger partial charge in [-0.15, -0.1) is 0 Å². The zero-order chi connectivity index (χ0) is 19.9. The van der Waals surface area contributed by atoms with Crippen molar-refractivity contribution in [2.75, 3.05) is 0 Å². The first-order valence-electron chi connectivity index (χ1n) is 11.2. The first-order chi connectivity index (χ1) is 13.0. The van der Waals surface area contributed by atoms with Crippen LogP contribution in [0.5, 0.6) is 0 Å². The summed E-state index contributed by atoms with van der Waals surface area (Å²) in [4.78, 5) is 30.6. The summed E-state index contributed by atoms with van der Waals surface area (Å²) in [5.41, 5.74) is -0.564. The van der Waals surface area contributed by atoms with Gasteiger partial charge in [0.15, 0.2) is 0 Å². The Balaban J connectivity index is 2.20. The van der Waals surface area contributed by atoms with Gasteiger partial charge in [-0.1, -0.05) is 47.0 Å². The van der Waals surface area contributed by atoms with E-state index in [1.165, 1.54) is 38.5 Å². The fourth-order valence-corrected chi connectivity index (χ4v) is 6.22. The molecule has 0 heterocycles. The number of aliphatic imine (C=N–C) groups is 2. The molecule has 0 amide bonds. The van der Waals surface area contributed by atoms with E-state index < -0.39 is 5.54 Å². The lowest BCUT2D eigenvalue weighted by atomic mass is 9.62. The number of isocyanates is 2. The Morgan fingerprint density at radius 3 is 1.93 bits per heavy atom. The average molecular weight is 375 g/mol. The monoisotopic (exact) mass is 374 g/mol. The van der Waals surface area contributed by atoms with Gasteiger partial charge in [-0.3, -0.25) is 0 Å². The summed E-state index contributed by atoms with van der Waals surface area (Å²) < 4.78 is 0. The van der Waals surface area contributed by atoms with E-state index in [9.17, 15) is 9.59 Å². The van der Waals surface area contributed by atoms with Crippen LogP contribution in [0.1, 0.15) is 91.9 Å². The number of nitrogens with zero attached hydrogens (tertiary/aromatic N) is 2. The molecule has 2 aliphatic carbocycles.